The molecule has 0 atom stereocenters. The number of nitrogens with one attached hydrogen (secondary N) is 2. The van der Waals surface area contributed by atoms with Crippen LogP contribution in [0.25, 0.3) is 0 Å². The van der Waals surface area contributed by atoms with Crippen LogP contribution in [0.2, 0.25) is 0 Å². The van der Waals surface area contributed by atoms with Gasteiger partial charge in [-0.1, -0.05) is 12.1 Å². The molecule has 0 heterocycles. The van der Waals surface area contributed by atoms with Crippen LogP contribution < -0.4 is 10.6 Å². The van der Waals surface area contributed by atoms with E-state index in [1.807, 2.05) is 18.2 Å². The number of alkyl carbamates (subject to hydrolysis) is 1. The van der Waals surface area contributed by atoms with Gasteiger partial charge in [-0.3, -0.25) is 9.59 Å². The summed E-state index contributed by atoms with van der Waals surface area (Å²) in [6.07, 6.45) is 2.31. The molecule has 0 aliphatic rings. The quantitative estimate of drug-likeness (QED) is 0.471. The van der Waals surface area contributed by atoms with Crippen LogP contribution in [-0.4, -0.2) is 43.3 Å². The van der Waals surface area contributed by atoms with Crippen LogP contribution in [-0.2, 0) is 20.7 Å². The number of hydrogen-bond acceptors (Lipinski definition) is 5. The molecular formula is C21H32N2O5. The van der Waals surface area contributed by atoms with Crippen molar-refractivity contribution >= 4 is 18.0 Å². The minimum atomic E-state index is -0.552. The Morgan fingerprint density at radius 2 is 1.75 bits per heavy atom. The summed E-state index contributed by atoms with van der Waals surface area (Å²) in [4.78, 5) is 35.1. The zero-order valence-corrected chi connectivity index (χ0v) is 17.3. The van der Waals surface area contributed by atoms with Crippen LogP contribution in [0.5, 0.6) is 0 Å². The number of aryl methyl sites for hydroxylation is 1. The highest BCUT2D eigenvalue weighted by atomic mass is 16.6. The molecule has 0 saturated heterocycles. The maximum Gasteiger partial charge on any atom is 0.407 e. The van der Waals surface area contributed by atoms with E-state index in [4.69, 9.17) is 9.47 Å². The molecule has 156 valence electrons. The highest BCUT2D eigenvalue weighted by Crippen LogP contribution is 2.10. The molecule has 0 bridgehead atoms. The van der Waals surface area contributed by atoms with Crippen molar-refractivity contribution in [1.29, 1.82) is 0 Å². The summed E-state index contributed by atoms with van der Waals surface area (Å²) < 4.78 is 10.0. The third kappa shape index (κ3) is 10.5. The van der Waals surface area contributed by atoms with Crippen LogP contribution in [0.4, 0.5) is 4.79 Å². The van der Waals surface area contributed by atoms with Crippen LogP contribution in [0.1, 0.15) is 62.9 Å². The highest BCUT2D eigenvalue weighted by molar-refractivity contribution is 5.94. The molecule has 1 aromatic rings. The first kappa shape index (κ1) is 23.5. The lowest BCUT2D eigenvalue weighted by atomic mass is 10.0. The minimum absolute atomic E-state index is 0.171. The first-order valence-corrected chi connectivity index (χ1v) is 9.71. The molecule has 7 nitrogen and oxygen atoms in total. The fourth-order valence-electron chi connectivity index (χ4n) is 2.46. The first-order valence-electron chi connectivity index (χ1n) is 9.71. The monoisotopic (exact) mass is 392 g/mol. The van der Waals surface area contributed by atoms with Crippen molar-refractivity contribution in [2.45, 2.75) is 59.0 Å². The number of rotatable bonds is 10. The van der Waals surface area contributed by atoms with Crippen LogP contribution in [0.3, 0.4) is 0 Å². The molecule has 2 N–H and O–H groups in total. The van der Waals surface area contributed by atoms with Gasteiger partial charge in [0.05, 0.1) is 6.61 Å². The van der Waals surface area contributed by atoms with Crippen LogP contribution in [0.15, 0.2) is 24.3 Å². The lowest BCUT2D eigenvalue weighted by molar-refractivity contribution is -0.143. The van der Waals surface area contributed by atoms with E-state index < -0.39 is 11.7 Å². The molecule has 0 aromatic heterocycles. The predicted molar refractivity (Wildman–Crippen MR) is 107 cm³/mol. The Kier molecular flexibility index (Phi) is 10.1. The molecule has 0 saturated carbocycles. The summed E-state index contributed by atoms with van der Waals surface area (Å²) in [7, 11) is 0. The Labute approximate surface area is 167 Å². The summed E-state index contributed by atoms with van der Waals surface area (Å²) >= 11 is 0. The van der Waals surface area contributed by atoms with E-state index in [0.29, 0.717) is 25.1 Å². The van der Waals surface area contributed by atoms with Crippen molar-refractivity contribution in [2.75, 3.05) is 19.7 Å². The average molecular weight is 392 g/mol. The molecule has 28 heavy (non-hydrogen) atoms. The zero-order chi connectivity index (χ0) is 21.0. The second kappa shape index (κ2) is 12.0. The second-order valence-electron chi connectivity index (χ2n) is 7.40. The highest BCUT2D eigenvalue weighted by Gasteiger charge is 2.15. The number of ether oxygens (including phenoxy) is 2. The molecule has 1 rings (SSSR count). The Hall–Kier alpha value is -2.57. The summed E-state index contributed by atoms with van der Waals surface area (Å²) in [6, 6.07) is 7.40. The molecule has 7 heteroatoms. The van der Waals surface area contributed by atoms with Gasteiger partial charge in [-0.05, 0) is 64.7 Å². The van der Waals surface area contributed by atoms with Gasteiger partial charge >= 0.3 is 12.1 Å². The predicted octanol–water partition coefficient (Wildman–Crippen LogP) is 3.22. The molecule has 0 aliphatic carbocycles. The van der Waals surface area contributed by atoms with Gasteiger partial charge in [-0.2, -0.15) is 0 Å². The van der Waals surface area contributed by atoms with Crippen molar-refractivity contribution in [3.63, 3.8) is 0 Å². The SMILES string of the molecule is CCOC(=O)CCCCc1cccc(C(=O)NCCNC(=O)OC(C)(C)C)c1. The fraction of sp³-hybridized carbons (Fsp3) is 0.571. The Morgan fingerprint density at radius 1 is 1.04 bits per heavy atom. The van der Waals surface area contributed by atoms with Gasteiger partial charge in [0.2, 0.25) is 0 Å². The van der Waals surface area contributed by atoms with Gasteiger partial charge < -0.3 is 20.1 Å². The van der Waals surface area contributed by atoms with Gasteiger partial charge in [0.25, 0.3) is 5.91 Å². The smallest absolute Gasteiger partial charge is 0.407 e. The fourth-order valence-corrected chi connectivity index (χ4v) is 2.46. The first-order chi connectivity index (χ1) is 13.2. The molecule has 0 radical (unpaired) electrons. The molecular weight excluding hydrogens is 360 g/mol. The number of carbonyl (C=O) groups excluding carboxylic acids is 3. The Balaban J connectivity index is 2.33. The lowest BCUT2D eigenvalue weighted by Crippen LogP contribution is -2.37. The van der Waals surface area contributed by atoms with E-state index in [0.717, 1.165) is 24.8 Å². The maximum atomic E-state index is 12.2. The van der Waals surface area contributed by atoms with Crippen LogP contribution in [0, 0.1) is 0 Å². The van der Waals surface area contributed by atoms with Crippen molar-refractivity contribution in [3.8, 4) is 0 Å². The molecule has 1 aromatic carbocycles. The molecule has 2 amide bonds. The van der Waals surface area contributed by atoms with Crippen molar-refractivity contribution in [3.05, 3.63) is 35.4 Å². The summed E-state index contributed by atoms with van der Waals surface area (Å²) in [5.74, 6) is -0.366. The number of benzene rings is 1. The maximum absolute atomic E-state index is 12.2. The van der Waals surface area contributed by atoms with Crippen LogP contribution >= 0.6 is 0 Å². The molecule has 0 aliphatic heterocycles. The minimum Gasteiger partial charge on any atom is -0.466 e. The summed E-state index contributed by atoms with van der Waals surface area (Å²) in [6.45, 7) is 8.16. The van der Waals surface area contributed by atoms with E-state index in [1.165, 1.54) is 0 Å². The standard InChI is InChI=1S/C21H32N2O5/c1-5-27-18(24)12-7-6-9-16-10-8-11-17(15-16)19(25)22-13-14-23-20(26)28-21(2,3)4/h8,10-11,15H,5-7,9,12-14H2,1-4H3,(H,22,25)(H,23,26). The number of esters is 1. The normalized spacial score (nSPS) is 10.9. The molecule has 0 spiro atoms. The Morgan fingerprint density at radius 3 is 2.43 bits per heavy atom. The van der Waals surface area contributed by atoms with Crippen molar-refractivity contribution in [2.24, 2.45) is 0 Å². The number of unbranched alkanes of at least 4 members (excludes halogenated alkanes) is 1. The summed E-state index contributed by atoms with van der Waals surface area (Å²) in [5.41, 5.74) is 1.06. The number of carbonyl (C=O) groups is 3. The average Bonchev–Trinajstić information content (AvgIpc) is 2.61. The van der Waals surface area contributed by atoms with Gasteiger partial charge in [0, 0.05) is 25.1 Å². The third-order valence-electron chi connectivity index (χ3n) is 3.67. The summed E-state index contributed by atoms with van der Waals surface area (Å²) in [5, 5.41) is 5.37. The largest absolute Gasteiger partial charge is 0.466 e. The van der Waals surface area contributed by atoms with Crippen molar-refractivity contribution in [1.82, 2.24) is 10.6 Å². The van der Waals surface area contributed by atoms with Gasteiger partial charge in [-0.25, -0.2) is 4.79 Å². The van der Waals surface area contributed by atoms with E-state index in [1.54, 1.807) is 33.8 Å². The molecule has 0 fully saturated rings. The number of amides is 2. The van der Waals surface area contributed by atoms with Crippen molar-refractivity contribution < 1.29 is 23.9 Å². The van der Waals surface area contributed by atoms with Gasteiger partial charge in [0.1, 0.15) is 5.60 Å². The number of hydrogen-bond donors (Lipinski definition) is 2. The Bertz CT molecular complexity index is 652. The van der Waals surface area contributed by atoms with Gasteiger partial charge in [-0.15, -0.1) is 0 Å². The molecule has 0 unspecified atom stereocenters. The van der Waals surface area contributed by atoms with Gasteiger partial charge in [0.15, 0.2) is 0 Å². The topological polar surface area (TPSA) is 93.7 Å². The third-order valence-corrected chi connectivity index (χ3v) is 3.67. The second-order valence-corrected chi connectivity index (χ2v) is 7.40. The van der Waals surface area contributed by atoms with E-state index in [-0.39, 0.29) is 18.4 Å². The van der Waals surface area contributed by atoms with E-state index in [9.17, 15) is 14.4 Å². The lowest BCUT2D eigenvalue weighted by Gasteiger charge is -2.19. The van der Waals surface area contributed by atoms with E-state index >= 15 is 0 Å². The van der Waals surface area contributed by atoms with E-state index in [2.05, 4.69) is 10.6 Å². The zero-order valence-electron chi connectivity index (χ0n) is 17.3.